The van der Waals surface area contributed by atoms with Crippen LogP contribution in [0.5, 0.6) is 0 Å². The summed E-state index contributed by atoms with van der Waals surface area (Å²) in [5.74, 6) is 0.852. The average Bonchev–Trinajstić information content (AvgIpc) is 3.40. The molecule has 2 N–H and O–H groups in total. The molecule has 0 spiro atoms. The zero-order valence-corrected chi connectivity index (χ0v) is 20.8. The third kappa shape index (κ3) is 4.78. The molecule has 1 aromatic carbocycles. The second-order valence-electron chi connectivity index (χ2n) is 9.37. The topological polar surface area (TPSA) is 124 Å². The number of nitrogens with one attached hydrogen (secondary N) is 2. The van der Waals surface area contributed by atoms with E-state index in [4.69, 9.17) is 9.47 Å². The molecule has 192 valence electrons. The van der Waals surface area contributed by atoms with Gasteiger partial charge in [-0.3, -0.25) is 14.4 Å². The van der Waals surface area contributed by atoms with Crippen molar-refractivity contribution in [2.24, 2.45) is 0 Å². The van der Waals surface area contributed by atoms with Crippen LogP contribution in [-0.4, -0.2) is 86.9 Å². The molecule has 1 fully saturated rings. The maximum absolute atomic E-state index is 13.1. The van der Waals surface area contributed by atoms with E-state index in [-0.39, 0.29) is 11.9 Å². The largest absolute Gasteiger partial charge is 0.378 e. The van der Waals surface area contributed by atoms with Crippen molar-refractivity contribution in [3.63, 3.8) is 0 Å². The average molecular weight is 504 g/mol. The summed E-state index contributed by atoms with van der Waals surface area (Å²) >= 11 is 0. The number of rotatable bonds is 1. The van der Waals surface area contributed by atoms with E-state index >= 15 is 0 Å². The highest BCUT2D eigenvalue weighted by molar-refractivity contribution is 6.05. The van der Waals surface area contributed by atoms with Crippen molar-refractivity contribution in [2.45, 2.75) is 19.5 Å². The van der Waals surface area contributed by atoms with Crippen molar-refractivity contribution in [3.8, 4) is 5.82 Å². The Kier molecular flexibility index (Phi) is 6.28. The molecule has 2 aliphatic heterocycles. The van der Waals surface area contributed by atoms with Crippen LogP contribution in [0.15, 0.2) is 36.7 Å². The van der Waals surface area contributed by atoms with E-state index in [1.807, 2.05) is 49.1 Å². The SMILES string of the molecule is Cc1nn2cc1CN(C)CCOCCNC(=O)c1nn(C3COC3)c3ccc(cc13)Nc1nccc-2n1. The maximum Gasteiger partial charge on any atom is 0.272 e. The first-order valence-corrected chi connectivity index (χ1v) is 12.4. The van der Waals surface area contributed by atoms with Crippen LogP contribution in [0.25, 0.3) is 16.7 Å². The number of ether oxygens (including phenoxy) is 2. The normalized spacial score (nSPS) is 17.8. The quantitative estimate of drug-likeness (QED) is 0.400. The van der Waals surface area contributed by atoms with Crippen LogP contribution >= 0.6 is 0 Å². The monoisotopic (exact) mass is 503 g/mol. The maximum atomic E-state index is 13.1. The molecule has 6 rings (SSSR count). The van der Waals surface area contributed by atoms with Crippen LogP contribution in [0.3, 0.4) is 0 Å². The summed E-state index contributed by atoms with van der Waals surface area (Å²) in [6.45, 7) is 6.02. The second-order valence-corrected chi connectivity index (χ2v) is 9.37. The molecule has 6 bridgehead atoms. The van der Waals surface area contributed by atoms with E-state index < -0.39 is 0 Å². The van der Waals surface area contributed by atoms with Crippen LogP contribution in [-0.2, 0) is 16.0 Å². The summed E-state index contributed by atoms with van der Waals surface area (Å²) in [5, 5.41) is 16.3. The number of carbonyl (C=O) groups is 1. The minimum atomic E-state index is -0.238. The highest BCUT2D eigenvalue weighted by Gasteiger charge is 2.26. The molecule has 0 atom stereocenters. The Morgan fingerprint density at radius 3 is 2.84 bits per heavy atom. The van der Waals surface area contributed by atoms with Crippen LogP contribution in [0.1, 0.15) is 27.8 Å². The van der Waals surface area contributed by atoms with Gasteiger partial charge in [-0.1, -0.05) is 0 Å². The standard InChI is InChI=1S/C25H29N9O3/c1-16-17-12-32(2)8-10-36-9-7-26-24(35)23-20-11-18(3-4-21(20)34(31-23)19-14-37-15-19)28-25-27-6-5-22(29-25)33(13-17)30-16/h3-6,11,13,19H,7-10,12,14-15H2,1-2H3,(H,26,35)(H,27,28,29). The Morgan fingerprint density at radius 1 is 1.11 bits per heavy atom. The Morgan fingerprint density at radius 2 is 2.00 bits per heavy atom. The number of hydrogen-bond acceptors (Lipinski definition) is 9. The van der Waals surface area contributed by atoms with Gasteiger partial charge in [0.25, 0.3) is 5.91 Å². The van der Waals surface area contributed by atoms with Gasteiger partial charge in [0, 0.05) is 54.7 Å². The number of likely N-dealkylation sites (N-methyl/N-ethyl adjacent to an activating group) is 1. The zero-order chi connectivity index (χ0) is 25.4. The summed E-state index contributed by atoms with van der Waals surface area (Å²) in [6.07, 6.45) is 3.70. The van der Waals surface area contributed by atoms with Gasteiger partial charge in [0.2, 0.25) is 5.95 Å². The van der Waals surface area contributed by atoms with Gasteiger partial charge in [0.15, 0.2) is 11.5 Å². The van der Waals surface area contributed by atoms with Crippen LogP contribution in [0.4, 0.5) is 11.6 Å². The van der Waals surface area contributed by atoms with Crippen molar-refractivity contribution < 1.29 is 14.3 Å². The molecule has 0 unspecified atom stereocenters. The summed E-state index contributed by atoms with van der Waals surface area (Å²) in [7, 11) is 2.04. The number of fused-ring (bicyclic) bond motifs is 6. The smallest absolute Gasteiger partial charge is 0.272 e. The Hall–Kier alpha value is -3.87. The number of benzene rings is 1. The number of anilines is 2. The lowest BCUT2D eigenvalue weighted by Gasteiger charge is -2.26. The molecule has 12 heteroatoms. The molecule has 37 heavy (non-hydrogen) atoms. The fourth-order valence-electron chi connectivity index (χ4n) is 4.48. The molecule has 0 radical (unpaired) electrons. The number of nitrogens with zero attached hydrogens (tertiary/aromatic N) is 7. The highest BCUT2D eigenvalue weighted by Crippen LogP contribution is 2.29. The molecule has 2 aliphatic rings. The fourth-order valence-corrected chi connectivity index (χ4v) is 4.48. The number of aryl methyl sites for hydroxylation is 1. The van der Waals surface area contributed by atoms with Crippen LogP contribution in [0.2, 0.25) is 0 Å². The lowest BCUT2D eigenvalue weighted by Crippen LogP contribution is -2.32. The van der Waals surface area contributed by atoms with Gasteiger partial charge in [-0.05, 0) is 32.2 Å². The molecule has 0 saturated carbocycles. The van der Waals surface area contributed by atoms with Gasteiger partial charge in [0.05, 0.1) is 43.7 Å². The first-order chi connectivity index (χ1) is 18.0. The van der Waals surface area contributed by atoms with Gasteiger partial charge in [-0.2, -0.15) is 15.2 Å². The Balaban J connectivity index is 1.38. The van der Waals surface area contributed by atoms with Gasteiger partial charge in [-0.15, -0.1) is 0 Å². The molecule has 1 amide bonds. The third-order valence-electron chi connectivity index (χ3n) is 6.61. The van der Waals surface area contributed by atoms with Crippen LogP contribution < -0.4 is 10.6 Å². The van der Waals surface area contributed by atoms with Crippen molar-refractivity contribution in [3.05, 3.63) is 53.6 Å². The molecular weight excluding hydrogens is 474 g/mol. The van der Waals surface area contributed by atoms with E-state index in [2.05, 4.69) is 35.7 Å². The predicted molar refractivity (Wildman–Crippen MR) is 136 cm³/mol. The summed E-state index contributed by atoms with van der Waals surface area (Å²) in [5.41, 5.74) is 4.05. The minimum Gasteiger partial charge on any atom is -0.378 e. The molecule has 1 saturated heterocycles. The molecule has 3 aromatic heterocycles. The lowest BCUT2D eigenvalue weighted by atomic mass is 10.1. The molecule has 0 aliphatic carbocycles. The van der Waals surface area contributed by atoms with Crippen molar-refractivity contribution in [1.29, 1.82) is 0 Å². The van der Waals surface area contributed by atoms with Gasteiger partial charge in [0.1, 0.15) is 0 Å². The molecular formula is C25H29N9O3. The number of carbonyl (C=O) groups excluding carboxylic acids is 1. The van der Waals surface area contributed by atoms with Gasteiger partial charge in [-0.25, -0.2) is 9.67 Å². The van der Waals surface area contributed by atoms with E-state index in [0.717, 1.165) is 40.9 Å². The molecule has 12 nitrogen and oxygen atoms in total. The Bertz CT molecular complexity index is 1440. The first-order valence-electron chi connectivity index (χ1n) is 12.4. The van der Waals surface area contributed by atoms with Crippen molar-refractivity contribution >= 4 is 28.4 Å². The van der Waals surface area contributed by atoms with Crippen LogP contribution in [0, 0.1) is 6.92 Å². The highest BCUT2D eigenvalue weighted by atomic mass is 16.5. The zero-order valence-electron chi connectivity index (χ0n) is 20.8. The number of amides is 1. The summed E-state index contributed by atoms with van der Waals surface area (Å²) < 4.78 is 14.8. The molecule has 4 aromatic rings. The van der Waals surface area contributed by atoms with E-state index in [9.17, 15) is 4.79 Å². The van der Waals surface area contributed by atoms with Gasteiger partial charge < -0.3 is 20.1 Å². The Labute approximate surface area is 213 Å². The minimum absolute atomic E-state index is 0.111. The second kappa shape index (κ2) is 9.88. The van der Waals surface area contributed by atoms with Gasteiger partial charge >= 0.3 is 0 Å². The van der Waals surface area contributed by atoms with E-state index in [1.165, 1.54) is 0 Å². The van der Waals surface area contributed by atoms with Crippen molar-refractivity contribution in [2.75, 3.05) is 51.9 Å². The fraction of sp³-hybridized carbons (Fsp3) is 0.400. The van der Waals surface area contributed by atoms with E-state index in [0.29, 0.717) is 50.4 Å². The summed E-state index contributed by atoms with van der Waals surface area (Å²) in [6, 6.07) is 7.73. The molecule has 5 heterocycles. The van der Waals surface area contributed by atoms with E-state index in [1.54, 1.807) is 10.9 Å². The predicted octanol–water partition coefficient (Wildman–Crippen LogP) is 1.83. The first kappa shape index (κ1) is 23.5. The number of aromatic nitrogens is 6. The van der Waals surface area contributed by atoms with Crippen molar-refractivity contribution in [1.82, 2.24) is 39.7 Å². The lowest BCUT2D eigenvalue weighted by molar-refractivity contribution is -0.0267. The number of hydrogen-bond donors (Lipinski definition) is 2. The third-order valence-corrected chi connectivity index (χ3v) is 6.61. The summed E-state index contributed by atoms with van der Waals surface area (Å²) in [4.78, 5) is 24.3.